The molecule has 2 heterocycles. The number of benzene rings is 3. The van der Waals surface area contributed by atoms with E-state index in [1.165, 1.54) is 23.3 Å². The first kappa shape index (κ1) is 16.6. The van der Waals surface area contributed by atoms with E-state index in [9.17, 15) is 4.39 Å². The summed E-state index contributed by atoms with van der Waals surface area (Å²) in [6, 6.07) is 20.3. The van der Waals surface area contributed by atoms with Gasteiger partial charge in [-0.3, -0.25) is 4.57 Å². The lowest BCUT2D eigenvalue weighted by molar-refractivity contribution is 0.628. The van der Waals surface area contributed by atoms with E-state index in [2.05, 4.69) is 26.0 Å². The fourth-order valence-corrected chi connectivity index (χ4v) is 3.36. The number of rotatable bonds is 2. The average Bonchev–Trinajstić information content (AvgIpc) is 3.07. The van der Waals surface area contributed by atoms with Gasteiger partial charge >= 0.3 is 0 Å². The molecule has 0 aliphatic heterocycles. The second-order valence-corrected chi connectivity index (χ2v) is 6.91. The van der Waals surface area contributed by atoms with E-state index in [1.54, 1.807) is 12.1 Å². The summed E-state index contributed by atoms with van der Waals surface area (Å²) in [4.78, 5) is 14.3. The summed E-state index contributed by atoms with van der Waals surface area (Å²) in [5.74, 6) is 0.410. The second-order valence-electron chi connectivity index (χ2n) is 6.91. The average molecular weight is 368 g/mol. The van der Waals surface area contributed by atoms with E-state index < -0.39 is 0 Å². The predicted molar refractivity (Wildman–Crippen MR) is 109 cm³/mol. The molecule has 5 heteroatoms. The van der Waals surface area contributed by atoms with Crippen LogP contribution in [0.4, 0.5) is 4.39 Å². The van der Waals surface area contributed by atoms with Crippen LogP contribution in [0.5, 0.6) is 0 Å². The molecule has 0 spiro atoms. The van der Waals surface area contributed by atoms with Crippen LogP contribution in [0.1, 0.15) is 11.1 Å². The molecule has 0 fully saturated rings. The molecule has 3 aromatic carbocycles. The topological polar surface area (TPSA) is 43.6 Å². The fourth-order valence-electron chi connectivity index (χ4n) is 3.36. The number of para-hydroxylation sites is 2. The Morgan fingerprint density at radius 3 is 2.18 bits per heavy atom. The normalized spacial score (nSPS) is 11.4. The number of imidazole rings is 1. The Morgan fingerprint density at radius 2 is 1.46 bits per heavy atom. The van der Waals surface area contributed by atoms with E-state index in [1.807, 2.05) is 34.9 Å². The Morgan fingerprint density at radius 1 is 0.750 bits per heavy atom. The third-order valence-electron chi connectivity index (χ3n) is 5.02. The van der Waals surface area contributed by atoms with Gasteiger partial charge in [0.1, 0.15) is 11.6 Å². The summed E-state index contributed by atoms with van der Waals surface area (Å²) in [5.41, 5.74) is 7.01. The Bertz CT molecular complexity index is 1340. The van der Waals surface area contributed by atoms with Crippen molar-refractivity contribution in [3.63, 3.8) is 0 Å². The summed E-state index contributed by atoms with van der Waals surface area (Å²) >= 11 is 0. The number of hydrogen-bond donors (Lipinski definition) is 0. The summed E-state index contributed by atoms with van der Waals surface area (Å²) in [6.45, 7) is 4.16. The summed E-state index contributed by atoms with van der Waals surface area (Å²) in [5, 5.41) is 0. The lowest BCUT2D eigenvalue weighted by Gasteiger charge is -2.11. The van der Waals surface area contributed by atoms with E-state index in [-0.39, 0.29) is 5.82 Å². The van der Waals surface area contributed by atoms with Gasteiger partial charge in [0.25, 0.3) is 0 Å². The second kappa shape index (κ2) is 6.23. The predicted octanol–water partition coefficient (Wildman–Crippen LogP) is 5.39. The maximum Gasteiger partial charge on any atom is 0.199 e. The van der Waals surface area contributed by atoms with Crippen molar-refractivity contribution in [2.75, 3.05) is 0 Å². The lowest BCUT2D eigenvalue weighted by atomic mass is 10.1. The Labute approximate surface area is 161 Å². The Balaban J connectivity index is 1.87. The van der Waals surface area contributed by atoms with Gasteiger partial charge in [-0.05, 0) is 73.5 Å². The van der Waals surface area contributed by atoms with Gasteiger partial charge < -0.3 is 0 Å². The third kappa shape index (κ3) is 2.63. The molecule has 28 heavy (non-hydrogen) atoms. The zero-order valence-electron chi connectivity index (χ0n) is 15.5. The molecule has 0 N–H and O–H groups in total. The van der Waals surface area contributed by atoms with Crippen molar-refractivity contribution >= 4 is 22.3 Å². The van der Waals surface area contributed by atoms with E-state index >= 15 is 0 Å². The van der Waals surface area contributed by atoms with Gasteiger partial charge in [0.2, 0.25) is 0 Å². The van der Waals surface area contributed by atoms with Crippen molar-refractivity contribution in [3.05, 3.63) is 83.7 Å². The molecule has 0 saturated carbocycles. The van der Waals surface area contributed by atoms with Gasteiger partial charge in [-0.1, -0.05) is 18.2 Å². The maximum absolute atomic E-state index is 13.5. The molecule has 0 aliphatic carbocycles. The van der Waals surface area contributed by atoms with Crippen molar-refractivity contribution in [1.82, 2.24) is 19.5 Å². The Hall–Kier alpha value is -3.60. The van der Waals surface area contributed by atoms with Gasteiger partial charge in [0.05, 0.1) is 11.0 Å². The molecular formula is C23H17FN4. The fraction of sp³-hybridized carbons (Fsp3) is 0.0870. The van der Waals surface area contributed by atoms with Crippen LogP contribution >= 0.6 is 0 Å². The van der Waals surface area contributed by atoms with Gasteiger partial charge in [0, 0.05) is 11.3 Å². The van der Waals surface area contributed by atoms with E-state index in [4.69, 9.17) is 15.0 Å². The largest absolute Gasteiger partial charge is 0.275 e. The molecule has 4 nitrogen and oxygen atoms in total. The van der Waals surface area contributed by atoms with Gasteiger partial charge in [-0.2, -0.15) is 0 Å². The standard InChI is InChI=1S/C23H17FN4/c1-14-7-12-18(13-15(14)2)28-22(16-8-10-17(24)11-9-16)27-21-23(28)26-20-6-4-3-5-19(20)25-21/h3-13H,1-2H3. The van der Waals surface area contributed by atoms with Crippen LogP contribution in [0.3, 0.4) is 0 Å². The molecule has 136 valence electrons. The number of hydrogen-bond acceptors (Lipinski definition) is 3. The van der Waals surface area contributed by atoms with Crippen LogP contribution < -0.4 is 0 Å². The first-order chi connectivity index (χ1) is 13.6. The highest BCUT2D eigenvalue weighted by Gasteiger charge is 2.18. The molecule has 5 aromatic rings. The van der Waals surface area contributed by atoms with Gasteiger partial charge in [-0.15, -0.1) is 0 Å². The minimum atomic E-state index is -0.278. The highest BCUT2D eigenvalue weighted by molar-refractivity contribution is 5.86. The molecule has 0 amide bonds. The van der Waals surface area contributed by atoms with Crippen LogP contribution in [-0.4, -0.2) is 19.5 Å². The first-order valence-corrected chi connectivity index (χ1v) is 9.09. The molecule has 0 bridgehead atoms. The maximum atomic E-state index is 13.5. The van der Waals surface area contributed by atoms with Crippen LogP contribution in [0.25, 0.3) is 39.4 Å². The highest BCUT2D eigenvalue weighted by Crippen LogP contribution is 2.29. The highest BCUT2D eigenvalue weighted by atomic mass is 19.1. The molecule has 0 atom stereocenters. The smallest absolute Gasteiger partial charge is 0.199 e. The van der Waals surface area contributed by atoms with Gasteiger partial charge in [0.15, 0.2) is 11.3 Å². The number of aryl methyl sites for hydroxylation is 2. The summed E-state index contributed by atoms with van der Waals surface area (Å²) in [7, 11) is 0. The molecular weight excluding hydrogens is 351 g/mol. The van der Waals surface area contributed by atoms with Gasteiger partial charge in [-0.25, -0.2) is 19.3 Å². The third-order valence-corrected chi connectivity index (χ3v) is 5.02. The zero-order chi connectivity index (χ0) is 19.3. The molecule has 0 unspecified atom stereocenters. The number of nitrogens with zero attached hydrogens (tertiary/aromatic N) is 4. The van der Waals surface area contributed by atoms with Crippen LogP contribution in [0.15, 0.2) is 66.7 Å². The molecule has 5 rings (SSSR count). The quantitative estimate of drug-likeness (QED) is 0.419. The number of halogens is 1. The number of aromatic nitrogens is 4. The SMILES string of the molecule is Cc1ccc(-n2c(-c3ccc(F)cc3)nc3nc4ccccc4nc32)cc1C. The van der Waals surface area contributed by atoms with E-state index in [0.717, 1.165) is 22.3 Å². The van der Waals surface area contributed by atoms with E-state index in [0.29, 0.717) is 17.1 Å². The Kier molecular flexibility index (Phi) is 3.69. The van der Waals surface area contributed by atoms with Crippen molar-refractivity contribution in [2.45, 2.75) is 13.8 Å². The van der Waals surface area contributed by atoms with Crippen LogP contribution in [0.2, 0.25) is 0 Å². The first-order valence-electron chi connectivity index (χ1n) is 9.09. The minimum Gasteiger partial charge on any atom is -0.275 e. The molecule has 0 aliphatic rings. The van der Waals surface area contributed by atoms with Crippen molar-refractivity contribution in [1.29, 1.82) is 0 Å². The summed E-state index contributed by atoms with van der Waals surface area (Å²) < 4.78 is 15.5. The monoisotopic (exact) mass is 368 g/mol. The minimum absolute atomic E-state index is 0.278. The van der Waals surface area contributed by atoms with Crippen molar-refractivity contribution < 1.29 is 4.39 Å². The molecule has 0 saturated heterocycles. The van der Waals surface area contributed by atoms with Crippen molar-refractivity contribution in [3.8, 4) is 17.1 Å². The van der Waals surface area contributed by atoms with Crippen molar-refractivity contribution in [2.24, 2.45) is 0 Å². The molecule has 0 radical (unpaired) electrons. The number of fused-ring (bicyclic) bond motifs is 2. The molecule has 2 aromatic heterocycles. The van der Waals surface area contributed by atoms with Crippen LogP contribution in [0, 0.1) is 19.7 Å². The zero-order valence-corrected chi connectivity index (χ0v) is 15.5. The summed E-state index contributed by atoms with van der Waals surface area (Å²) in [6.07, 6.45) is 0. The lowest BCUT2D eigenvalue weighted by Crippen LogP contribution is -2.00. The van der Waals surface area contributed by atoms with Crippen LogP contribution in [-0.2, 0) is 0 Å².